The number of hydrogen-bond donors (Lipinski definition) is 1. The second-order valence-electron chi connectivity index (χ2n) is 7.68. The van der Waals surface area contributed by atoms with Crippen molar-refractivity contribution in [3.63, 3.8) is 0 Å². The zero-order valence-electron chi connectivity index (χ0n) is 16.1. The lowest BCUT2D eigenvalue weighted by Gasteiger charge is -2.30. The highest BCUT2D eigenvalue weighted by Gasteiger charge is 2.24. The number of thioether (sulfide) groups is 1. The molecule has 1 N–H and O–H groups in total. The molecule has 0 saturated carbocycles. The Labute approximate surface area is 162 Å². The van der Waals surface area contributed by atoms with E-state index >= 15 is 0 Å². The number of aromatic amines is 1. The van der Waals surface area contributed by atoms with Crippen LogP contribution in [0, 0.1) is 5.92 Å². The van der Waals surface area contributed by atoms with Gasteiger partial charge in [-0.15, -0.1) is 11.3 Å². The Kier molecular flexibility index (Phi) is 5.77. The van der Waals surface area contributed by atoms with Crippen molar-refractivity contribution in [3.05, 3.63) is 20.8 Å². The summed E-state index contributed by atoms with van der Waals surface area (Å²) in [7, 11) is 0. The van der Waals surface area contributed by atoms with Crippen LogP contribution in [0.5, 0.6) is 0 Å². The van der Waals surface area contributed by atoms with Crippen molar-refractivity contribution < 1.29 is 4.79 Å². The summed E-state index contributed by atoms with van der Waals surface area (Å²) in [5.41, 5.74) is 1.12. The van der Waals surface area contributed by atoms with E-state index in [2.05, 4.69) is 16.9 Å². The maximum atomic E-state index is 12.6. The lowest BCUT2D eigenvalue weighted by molar-refractivity contribution is -0.131. The summed E-state index contributed by atoms with van der Waals surface area (Å²) in [4.78, 5) is 36.7. The Bertz CT molecular complexity index is 862. The predicted molar refractivity (Wildman–Crippen MR) is 109 cm³/mol. The number of aryl methyl sites for hydroxylation is 1. The maximum Gasteiger partial charge on any atom is 0.260 e. The predicted octanol–water partition coefficient (Wildman–Crippen LogP) is 3.85. The molecule has 0 saturated heterocycles. The quantitative estimate of drug-likeness (QED) is 0.619. The molecule has 5 nitrogen and oxygen atoms in total. The first kappa shape index (κ1) is 19.4. The fraction of sp³-hybridized carbons (Fsp3) is 0.632. The molecule has 0 aromatic carbocycles. The van der Waals surface area contributed by atoms with E-state index in [-0.39, 0.29) is 29.3 Å². The number of fused-ring (bicyclic) bond motifs is 3. The molecule has 1 atom stereocenters. The van der Waals surface area contributed by atoms with Crippen LogP contribution < -0.4 is 5.56 Å². The molecule has 0 fully saturated rings. The highest BCUT2D eigenvalue weighted by Crippen LogP contribution is 2.36. The minimum Gasteiger partial charge on any atom is -0.337 e. The summed E-state index contributed by atoms with van der Waals surface area (Å²) < 4.78 is 0. The highest BCUT2D eigenvalue weighted by molar-refractivity contribution is 7.99. The Hall–Kier alpha value is -1.34. The maximum absolute atomic E-state index is 12.6. The topological polar surface area (TPSA) is 66.1 Å². The molecule has 1 aliphatic carbocycles. The van der Waals surface area contributed by atoms with Gasteiger partial charge in [-0.25, -0.2) is 4.98 Å². The van der Waals surface area contributed by atoms with Crippen molar-refractivity contribution in [1.29, 1.82) is 0 Å². The molecule has 26 heavy (non-hydrogen) atoms. The number of H-pyrrole nitrogens is 1. The summed E-state index contributed by atoms with van der Waals surface area (Å²) >= 11 is 2.96. The minimum absolute atomic E-state index is 0.0680. The minimum atomic E-state index is -0.0680. The van der Waals surface area contributed by atoms with Gasteiger partial charge in [0.1, 0.15) is 4.83 Å². The van der Waals surface area contributed by atoms with Crippen LogP contribution in [-0.2, 0) is 17.6 Å². The highest BCUT2D eigenvalue weighted by atomic mass is 32.2. The third-order valence-corrected chi connectivity index (χ3v) is 6.88. The van der Waals surface area contributed by atoms with Gasteiger partial charge in [0.05, 0.1) is 11.1 Å². The third kappa shape index (κ3) is 3.83. The molecule has 142 valence electrons. The molecular weight excluding hydrogens is 366 g/mol. The second-order valence-corrected chi connectivity index (χ2v) is 9.73. The van der Waals surface area contributed by atoms with Crippen molar-refractivity contribution in [1.82, 2.24) is 14.9 Å². The number of thiophene rings is 1. The molecule has 1 aliphatic rings. The summed E-state index contributed by atoms with van der Waals surface area (Å²) in [5.74, 6) is 1.02. The molecule has 0 spiro atoms. The molecule has 0 unspecified atom stereocenters. The van der Waals surface area contributed by atoms with Gasteiger partial charge >= 0.3 is 0 Å². The van der Waals surface area contributed by atoms with Crippen molar-refractivity contribution in [2.75, 3.05) is 5.75 Å². The fourth-order valence-electron chi connectivity index (χ4n) is 3.77. The first-order valence-electron chi connectivity index (χ1n) is 9.26. The van der Waals surface area contributed by atoms with Crippen LogP contribution in [0.25, 0.3) is 10.2 Å². The van der Waals surface area contributed by atoms with E-state index in [9.17, 15) is 9.59 Å². The van der Waals surface area contributed by atoms with Crippen molar-refractivity contribution in [2.45, 2.75) is 71.1 Å². The second kappa shape index (κ2) is 7.72. The van der Waals surface area contributed by atoms with Gasteiger partial charge < -0.3 is 9.88 Å². The van der Waals surface area contributed by atoms with Gasteiger partial charge in [0.2, 0.25) is 5.91 Å². The van der Waals surface area contributed by atoms with Crippen molar-refractivity contribution >= 4 is 39.2 Å². The number of carbonyl (C=O) groups is 1. The molecule has 1 amide bonds. The van der Waals surface area contributed by atoms with Crippen molar-refractivity contribution in [3.8, 4) is 0 Å². The Morgan fingerprint density at radius 2 is 2.04 bits per heavy atom. The number of nitrogens with zero attached hydrogens (tertiary/aromatic N) is 2. The summed E-state index contributed by atoms with van der Waals surface area (Å²) in [6.07, 6.45) is 3.13. The van der Waals surface area contributed by atoms with E-state index in [0.29, 0.717) is 11.1 Å². The fourth-order valence-corrected chi connectivity index (χ4v) is 5.95. The van der Waals surface area contributed by atoms with Gasteiger partial charge in [0, 0.05) is 17.0 Å². The monoisotopic (exact) mass is 393 g/mol. The number of carbonyl (C=O) groups excluding carboxylic acids is 1. The molecule has 0 radical (unpaired) electrons. The molecular formula is C19H27N3O2S2. The third-order valence-electron chi connectivity index (χ3n) is 4.88. The van der Waals surface area contributed by atoms with Crippen LogP contribution in [-0.4, -0.2) is 38.6 Å². The number of amides is 1. The van der Waals surface area contributed by atoms with E-state index < -0.39 is 0 Å². The molecule has 3 rings (SSSR count). The summed E-state index contributed by atoms with van der Waals surface area (Å²) in [6.45, 7) is 10.3. The van der Waals surface area contributed by atoms with Crippen LogP contribution in [0.1, 0.15) is 51.5 Å². The van der Waals surface area contributed by atoms with Crippen LogP contribution in [0.4, 0.5) is 0 Å². The normalized spacial score (nSPS) is 17.1. The SMILES string of the molecule is CC(C)N(C(=O)CSc1nc2sc3c(c2c(=O)[nH]1)CC[C@H](C)C3)C(C)C. The van der Waals surface area contributed by atoms with Crippen LogP contribution >= 0.6 is 23.1 Å². The number of aromatic nitrogens is 2. The smallest absolute Gasteiger partial charge is 0.260 e. The average molecular weight is 394 g/mol. The standard InChI is InChI=1S/C19H27N3O2S2/c1-10(2)22(11(3)4)15(23)9-25-19-20-17(24)16-13-7-6-12(5)8-14(13)26-18(16)21-19/h10-12H,6-9H2,1-5H3,(H,20,21,24)/t12-/m0/s1. The molecule has 2 aromatic heterocycles. The molecule has 0 aliphatic heterocycles. The number of rotatable bonds is 5. The van der Waals surface area contributed by atoms with E-state index in [4.69, 9.17) is 0 Å². The van der Waals surface area contributed by atoms with Crippen LogP contribution in [0.2, 0.25) is 0 Å². The lowest BCUT2D eigenvalue weighted by Crippen LogP contribution is -2.43. The van der Waals surface area contributed by atoms with Gasteiger partial charge in [-0.05, 0) is 58.4 Å². The van der Waals surface area contributed by atoms with E-state index in [0.717, 1.165) is 29.5 Å². The summed E-state index contributed by atoms with van der Waals surface area (Å²) in [5, 5.41) is 1.30. The van der Waals surface area contributed by atoms with Gasteiger partial charge in [-0.3, -0.25) is 9.59 Å². The van der Waals surface area contributed by atoms with E-state index in [1.54, 1.807) is 11.3 Å². The molecule has 0 bridgehead atoms. The lowest BCUT2D eigenvalue weighted by atomic mass is 9.89. The zero-order valence-corrected chi connectivity index (χ0v) is 17.7. The first-order valence-corrected chi connectivity index (χ1v) is 11.1. The molecule has 2 heterocycles. The van der Waals surface area contributed by atoms with Gasteiger partial charge in [-0.1, -0.05) is 18.7 Å². The first-order chi connectivity index (χ1) is 12.3. The van der Waals surface area contributed by atoms with E-state index in [1.807, 2.05) is 32.6 Å². The van der Waals surface area contributed by atoms with E-state index in [1.165, 1.54) is 22.2 Å². The average Bonchev–Trinajstić information content (AvgIpc) is 2.89. The molecule has 7 heteroatoms. The number of hydrogen-bond acceptors (Lipinski definition) is 5. The van der Waals surface area contributed by atoms with Crippen LogP contribution in [0.15, 0.2) is 9.95 Å². The Morgan fingerprint density at radius 1 is 1.35 bits per heavy atom. The summed E-state index contributed by atoms with van der Waals surface area (Å²) in [6, 6.07) is 0.312. The largest absolute Gasteiger partial charge is 0.337 e. The Balaban J connectivity index is 1.82. The van der Waals surface area contributed by atoms with Gasteiger partial charge in [0.15, 0.2) is 5.16 Å². The van der Waals surface area contributed by atoms with Crippen LogP contribution in [0.3, 0.4) is 0 Å². The van der Waals surface area contributed by atoms with Crippen molar-refractivity contribution in [2.24, 2.45) is 5.92 Å². The van der Waals surface area contributed by atoms with Gasteiger partial charge in [-0.2, -0.15) is 0 Å². The van der Waals surface area contributed by atoms with Gasteiger partial charge in [0.25, 0.3) is 5.56 Å². The number of nitrogens with one attached hydrogen (secondary N) is 1. The molecule has 2 aromatic rings. The zero-order chi connectivity index (χ0) is 19.0. The Morgan fingerprint density at radius 3 is 2.69 bits per heavy atom.